The predicted molar refractivity (Wildman–Crippen MR) is 70.2 cm³/mol. The lowest BCUT2D eigenvalue weighted by molar-refractivity contribution is -0.137. The number of aliphatic hydroxyl groups excluding tert-OH is 1. The molecular formula is C13H16F3NO3S. The van der Waals surface area contributed by atoms with E-state index in [1.807, 2.05) is 0 Å². The van der Waals surface area contributed by atoms with Gasteiger partial charge in [0.2, 0.25) is 10.0 Å². The minimum atomic E-state index is -4.56. The maximum absolute atomic E-state index is 12.6. The monoisotopic (exact) mass is 323 g/mol. The van der Waals surface area contributed by atoms with Crippen LogP contribution in [0, 0.1) is 0 Å². The summed E-state index contributed by atoms with van der Waals surface area (Å²) < 4.78 is 62.9. The molecule has 1 aliphatic rings. The Morgan fingerprint density at radius 3 is 2.19 bits per heavy atom. The summed E-state index contributed by atoms with van der Waals surface area (Å²) in [6, 6.07) is 5.01. The van der Waals surface area contributed by atoms with Crippen molar-refractivity contribution in [3.05, 3.63) is 29.8 Å². The Morgan fingerprint density at radius 1 is 1.19 bits per heavy atom. The standard InChI is InChI=1S/C13H16F3NO3S/c14-13(15,16)9-17(11-3-4-11)21(19,20)12-5-1-10(2-6-12)7-8-18/h1-2,5-6,11,18H,3-4,7-9H2. The van der Waals surface area contributed by atoms with Gasteiger partial charge in [-0.25, -0.2) is 8.42 Å². The molecule has 2 rings (SSSR count). The number of alkyl halides is 3. The third kappa shape index (κ3) is 4.18. The quantitative estimate of drug-likeness (QED) is 0.870. The minimum Gasteiger partial charge on any atom is -0.396 e. The summed E-state index contributed by atoms with van der Waals surface area (Å²) in [4.78, 5) is -0.152. The van der Waals surface area contributed by atoms with Crippen LogP contribution in [0.1, 0.15) is 18.4 Å². The number of aliphatic hydroxyl groups is 1. The highest BCUT2D eigenvalue weighted by atomic mass is 32.2. The van der Waals surface area contributed by atoms with Gasteiger partial charge >= 0.3 is 6.18 Å². The maximum Gasteiger partial charge on any atom is 0.402 e. The van der Waals surface area contributed by atoms with Gasteiger partial charge in [-0.05, 0) is 37.0 Å². The van der Waals surface area contributed by atoms with Crippen LogP contribution in [0.25, 0.3) is 0 Å². The highest BCUT2D eigenvalue weighted by Gasteiger charge is 2.44. The molecule has 0 radical (unpaired) electrons. The van der Waals surface area contributed by atoms with Crippen molar-refractivity contribution in [2.45, 2.75) is 36.4 Å². The molecule has 0 spiro atoms. The molecule has 1 fully saturated rings. The summed E-state index contributed by atoms with van der Waals surface area (Å²) in [6.07, 6.45) is -3.28. The molecule has 0 aliphatic heterocycles. The summed E-state index contributed by atoms with van der Waals surface area (Å²) in [5.41, 5.74) is 0.727. The molecule has 8 heteroatoms. The Balaban J connectivity index is 2.25. The zero-order chi connectivity index (χ0) is 15.7. The van der Waals surface area contributed by atoms with Crippen LogP contribution in [0.3, 0.4) is 0 Å². The largest absolute Gasteiger partial charge is 0.402 e. The average Bonchev–Trinajstić information content (AvgIpc) is 3.20. The smallest absolute Gasteiger partial charge is 0.396 e. The van der Waals surface area contributed by atoms with Gasteiger partial charge in [-0.2, -0.15) is 17.5 Å². The topological polar surface area (TPSA) is 57.6 Å². The first-order chi connectivity index (χ1) is 9.74. The van der Waals surface area contributed by atoms with Crippen LogP contribution < -0.4 is 0 Å². The highest BCUT2D eigenvalue weighted by Crippen LogP contribution is 2.34. The van der Waals surface area contributed by atoms with Gasteiger partial charge in [0, 0.05) is 12.6 Å². The van der Waals surface area contributed by atoms with Crippen molar-refractivity contribution in [2.75, 3.05) is 13.2 Å². The predicted octanol–water partition coefficient (Wildman–Crippen LogP) is 1.94. The molecule has 1 aromatic carbocycles. The highest BCUT2D eigenvalue weighted by molar-refractivity contribution is 7.89. The normalized spacial score (nSPS) is 16.4. The molecular weight excluding hydrogens is 307 g/mol. The molecule has 0 atom stereocenters. The van der Waals surface area contributed by atoms with Crippen LogP contribution in [0.4, 0.5) is 13.2 Å². The number of hydrogen-bond donors (Lipinski definition) is 1. The SMILES string of the molecule is O=S(=O)(c1ccc(CCO)cc1)N(CC(F)(F)F)C1CC1. The van der Waals surface area contributed by atoms with E-state index in [2.05, 4.69) is 0 Å². The van der Waals surface area contributed by atoms with Gasteiger partial charge in [0.1, 0.15) is 6.54 Å². The van der Waals surface area contributed by atoms with Gasteiger partial charge in [-0.3, -0.25) is 0 Å². The molecule has 1 saturated carbocycles. The number of rotatable bonds is 6. The first-order valence-electron chi connectivity index (χ1n) is 6.52. The zero-order valence-electron chi connectivity index (χ0n) is 11.2. The second kappa shape index (κ2) is 5.94. The van der Waals surface area contributed by atoms with Crippen LogP contribution in [0.15, 0.2) is 29.2 Å². The summed E-state index contributed by atoms with van der Waals surface area (Å²) in [6.45, 7) is -1.53. The molecule has 21 heavy (non-hydrogen) atoms. The van der Waals surface area contributed by atoms with Crippen LogP contribution in [0.5, 0.6) is 0 Å². The maximum atomic E-state index is 12.6. The van der Waals surface area contributed by atoms with Gasteiger partial charge in [0.25, 0.3) is 0 Å². The second-order valence-corrected chi connectivity index (χ2v) is 6.90. The Bertz CT molecular complexity index is 580. The Kier molecular flexibility index (Phi) is 4.60. The van der Waals surface area contributed by atoms with Gasteiger partial charge in [0.15, 0.2) is 0 Å². The molecule has 4 nitrogen and oxygen atoms in total. The average molecular weight is 323 g/mol. The Hall–Kier alpha value is -1.12. The lowest BCUT2D eigenvalue weighted by atomic mass is 10.2. The van der Waals surface area contributed by atoms with E-state index < -0.39 is 28.8 Å². The van der Waals surface area contributed by atoms with E-state index in [9.17, 15) is 21.6 Å². The van der Waals surface area contributed by atoms with E-state index in [0.29, 0.717) is 23.6 Å². The number of halogens is 3. The van der Waals surface area contributed by atoms with E-state index in [0.717, 1.165) is 5.56 Å². The minimum absolute atomic E-state index is 0.0750. The Morgan fingerprint density at radius 2 is 1.76 bits per heavy atom. The van der Waals surface area contributed by atoms with Crippen molar-refractivity contribution in [1.82, 2.24) is 4.31 Å². The van der Waals surface area contributed by atoms with Gasteiger partial charge < -0.3 is 5.11 Å². The van der Waals surface area contributed by atoms with E-state index >= 15 is 0 Å². The molecule has 0 saturated heterocycles. The van der Waals surface area contributed by atoms with Crippen molar-refractivity contribution in [3.63, 3.8) is 0 Å². The van der Waals surface area contributed by atoms with Crippen molar-refractivity contribution in [2.24, 2.45) is 0 Å². The molecule has 1 N–H and O–H groups in total. The molecule has 0 heterocycles. The van der Waals surface area contributed by atoms with E-state index in [-0.39, 0.29) is 11.5 Å². The lowest BCUT2D eigenvalue weighted by Crippen LogP contribution is -2.40. The third-order valence-corrected chi connectivity index (χ3v) is 5.13. The van der Waals surface area contributed by atoms with E-state index in [1.54, 1.807) is 0 Å². The van der Waals surface area contributed by atoms with Crippen molar-refractivity contribution < 1.29 is 26.7 Å². The Labute approximate surface area is 121 Å². The van der Waals surface area contributed by atoms with E-state index in [4.69, 9.17) is 5.11 Å². The number of nitrogens with zero attached hydrogens (tertiary/aromatic N) is 1. The van der Waals surface area contributed by atoms with Crippen LogP contribution >= 0.6 is 0 Å². The van der Waals surface area contributed by atoms with Gasteiger partial charge in [-0.1, -0.05) is 12.1 Å². The van der Waals surface area contributed by atoms with Gasteiger partial charge in [-0.15, -0.1) is 0 Å². The summed E-state index contributed by atoms with van der Waals surface area (Å²) >= 11 is 0. The summed E-state index contributed by atoms with van der Waals surface area (Å²) in [7, 11) is -4.15. The molecule has 0 amide bonds. The number of sulfonamides is 1. The lowest BCUT2D eigenvalue weighted by Gasteiger charge is -2.23. The first kappa shape index (κ1) is 16.3. The molecule has 1 aliphatic carbocycles. The fourth-order valence-electron chi connectivity index (χ4n) is 2.04. The van der Waals surface area contributed by atoms with Crippen molar-refractivity contribution >= 4 is 10.0 Å². The fourth-order valence-corrected chi connectivity index (χ4v) is 3.71. The van der Waals surface area contributed by atoms with Crippen LogP contribution in [0.2, 0.25) is 0 Å². The molecule has 118 valence electrons. The third-order valence-electron chi connectivity index (χ3n) is 3.22. The number of hydrogen-bond acceptors (Lipinski definition) is 3. The second-order valence-electron chi connectivity index (χ2n) is 5.01. The molecule has 1 aromatic rings. The number of benzene rings is 1. The van der Waals surface area contributed by atoms with Crippen molar-refractivity contribution in [3.8, 4) is 0 Å². The first-order valence-corrected chi connectivity index (χ1v) is 7.96. The zero-order valence-corrected chi connectivity index (χ0v) is 12.0. The van der Waals surface area contributed by atoms with Crippen molar-refractivity contribution in [1.29, 1.82) is 0 Å². The van der Waals surface area contributed by atoms with Crippen LogP contribution in [-0.2, 0) is 16.4 Å². The molecule has 0 bridgehead atoms. The fraction of sp³-hybridized carbons (Fsp3) is 0.538. The molecule has 0 aromatic heterocycles. The van der Waals surface area contributed by atoms with E-state index in [1.165, 1.54) is 24.3 Å². The van der Waals surface area contributed by atoms with Crippen LogP contribution in [-0.4, -0.2) is 43.2 Å². The van der Waals surface area contributed by atoms with Gasteiger partial charge in [0.05, 0.1) is 4.90 Å². The summed E-state index contributed by atoms with van der Waals surface area (Å²) in [5.74, 6) is 0. The molecule has 0 unspecified atom stereocenters. The summed E-state index contributed by atoms with van der Waals surface area (Å²) in [5, 5.41) is 8.79.